The van der Waals surface area contributed by atoms with Gasteiger partial charge >= 0.3 is 0 Å². The molecule has 2 aromatic carbocycles. The molecule has 11 nitrogen and oxygen atoms in total. The summed E-state index contributed by atoms with van der Waals surface area (Å²) in [6.07, 6.45) is 4.31. The first-order chi connectivity index (χ1) is 23.1. The van der Waals surface area contributed by atoms with Crippen molar-refractivity contribution < 1.29 is 28.6 Å². The maximum absolute atomic E-state index is 13.0. The Morgan fingerprint density at radius 2 is 1.71 bits per heavy atom. The van der Waals surface area contributed by atoms with Gasteiger partial charge in [-0.1, -0.05) is 47.5 Å². The van der Waals surface area contributed by atoms with E-state index in [1.165, 1.54) is 23.2 Å². The third-order valence-corrected chi connectivity index (χ3v) is 8.14. The summed E-state index contributed by atoms with van der Waals surface area (Å²) in [6, 6.07) is 16.1. The molecule has 0 unspecified atom stereocenters. The maximum atomic E-state index is 13.0. The molecule has 4 aromatic rings. The van der Waals surface area contributed by atoms with Gasteiger partial charge in [-0.05, 0) is 48.9 Å². The number of nitrogens with zero attached hydrogens (tertiary/aromatic N) is 4. The highest BCUT2D eigenvalue weighted by Crippen LogP contribution is 2.35. The lowest BCUT2D eigenvalue weighted by Gasteiger charge is -2.21. The number of benzene rings is 2. The van der Waals surface area contributed by atoms with E-state index in [2.05, 4.69) is 15.3 Å². The number of carbonyl (C=O) groups is 3. The highest BCUT2D eigenvalue weighted by molar-refractivity contribution is 6.38. The molecule has 0 aliphatic rings. The Labute approximate surface area is 289 Å². The average Bonchev–Trinajstić information content (AvgIpc) is 3.09. The van der Waals surface area contributed by atoms with Gasteiger partial charge in [0, 0.05) is 68.3 Å². The van der Waals surface area contributed by atoms with E-state index in [4.69, 9.17) is 37.4 Å². The van der Waals surface area contributed by atoms with E-state index in [-0.39, 0.29) is 29.8 Å². The van der Waals surface area contributed by atoms with Crippen LogP contribution in [0.5, 0.6) is 5.75 Å². The van der Waals surface area contributed by atoms with Gasteiger partial charge in [0.1, 0.15) is 23.6 Å². The minimum Gasteiger partial charge on any atom is -0.487 e. The smallest absolute Gasteiger partial charge is 0.272 e. The number of aromatic nitrogens is 2. The second-order valence-corrected chi connectivity index (χ2v) is 11.5. The summed E-state index contributed by atoms with van der Waals surface area (Å²) < 4.78 is 16.3. The number of carbonyl (C=O) groups excluding carboxylic acids is 3. The predicted molar refractivity (Wildman–Crippen MR) is 187 cm³/mol. The summed E-state index contributed by atoms with van der Waals surface area (Å²) in [5.41, 5.74) is 3.35. The van der Waals surface area contributed by atoms with Crippen molar-refractivity contribution in [2.45, 2.75) is 13.5 Å². The van der Waals surface area contributed by atoms with E-state index in [1.54, 1.807) is 50.4 Å². The van der Waals surface area contributed by atoms with Crippen LogP contribution in [0.3, 0.4) is 0 Å². The normalized spacial score (nSPS) is 11.1. The van der Waals surface area contributed by atoms with Gasteiger partial charge in [0.25, 0.3) is 5.91 Å². The van der Waals surface area contributed by atoms with Crippen molar-refractivity contribution in [3.63, 3.8) is 0 Å². The lowest BCUT2D eigenvalue weighted by atomic mass is 10.1. The molecule has 0 aliphatic carbocycles. The van der Waals surface area contributed by atoms with E-state index < -0.39 is 11.8 Å². The number of hydrogen-bond acceptors (Lipinski definition) is 8. The molecule has 0 atom stereocenters. The second kappa shape index (κ2) is 17.6. The first-order valence-corrected chi connectivity index (χ1v) is 15.8. The molecule has 3 amide bonds. The molecule has 252 valence electrons. The number of ether oxygens (including phenoxy) is 3. The van der Waals surface area contributed by atoms with Crippen molar-refractivity contribution in [1.82, 2.24) is 20.2 Å². The predicted octanol–water partition coefficient (Wildman–Crippen LogP) is 5.35. The van der Waals surface area contributed by atoms with Gasteiger partial charge in [-0.15, -0.1) is 0 Å². The van der Waals surface area contributed by atoms with Crippen LogP contribution in [0.2, 0.25) is 10.0 Å². The topological polar surface area (TPSA) is 123 Å². The molecule has 2 aromatic heterocycles. The second-order valence-electron chi connectivity index (χ2n) is 10.7. The summed E-state index contributed by atoms with van der Waals surface area (Å²) in [6.45, 7) is 3.25. The summed E-state index contributed by atoms with van der Waals surface area (Å²) in [5.74, 6) is -0.565. The minimum atomic E-state index is -0.488. The van der Waals surface area contributed by atoms with Crippen LogP contribution in [-0.4, -0.2) is 86.7 Å². The fourth-order valence-electron chi connectivity index (χ4n) is 4.62. The maximum Gasteiger partial charge on any atom is 0.272 e. The number of fused-ring (bicyclic) bond motifs is 1. The standard InChI is InChI=1S/C35H37Cl2N5O6/c1-23-8-11-25-6-5-7-30(34(25)40-23)48-22-26-27(36)12-14-29(33(26)37)41(2)32(44)21-39-31(43)15-10-24-9-13-28(38-20-24)35(45)42(16-18-46-3)17-19-47-4/h5-15,20H,16-19,21-22H2,1-4H3,(H,39,43)/b15-10+. The Morgan fingerprint density at radius 1 is 0.958 bits per heavy atom. The number of rotatable bonds is 15. The molecule has 13 heteroatoms. The van der Waals surface area contributed by atoms with Gasteiger partial charge in [0.2, 0.25) is 11.8 Å². The number of methoxy groups -OCH3 is 2. The number of amides is 3. The third-order valence-electron chi connectivity index (χ3n) is 7.36. The van der Waals surface area contributed by atoms with Crippen LogP contribution >= 0.6 is 23.2 Å². The number of para-hydroxylation sites is 1. The molecular formula is C35H37Cl2N5O6. The van der Waals surface area contributed by atoms with Gasteiger partial charge in [-0.2, -0.15) is 0 Å². The van der Waals surface area contributed by atoms with Gasteiger partial charge in [-0.25, -0.2) is 4.98 Å². The molecule has 48 heavy (non-hydrogen) atoms. The highest BCUT2D eigenvalue weighted by Gasteiger charge is 2.20. The zero-order valence-electron chi connectivity index (χ0n) is 27.2. The van der Waals surface area contributed by atoms with Crippen LogP contribution in [0.1, 0.15) is 27.3 Å². The number of anilines is 1. The van der Waals surface area contributed by atoms with Crippen molar-refractivity contribution >= 4 is 63.6 Å². The van der Waals surface area contributed by atoms with Crippen LogP contribution in [0.4, 0.5) is 5.69 Å². The largest absolute Gasteiger partial charge is 0.487 e. The van der Waals surface area contributed by atoms with Crippen LogP contribution < -0.4 is 15.0 Å². The van der Waals surface area contributed by atoms with Gasteiger partial charge in [0.05, 0.1) is 30.5 Å². The number of halogens is 2. The van der Waals surface area contributed by atoms with E-state index >= 15 is 0 Å². The number of pyridine rings is 2. The Bertz CT molecular complexity index is 1780. The zero-order valence-corrected chi connectivity index (χ0v) is 28.7. The lowest BCUT2D eigenvalue weighted by molar-refractivity contribution is -0.122. The zero-order chi connectivity index (χ0) is 34.6. The quantitative estimate of drug-likeness (QED) is 0.165. The molecule has 0 fully saturated rings. The van der Waals surface area contributed by atoms with E-state index in [1.807, 2.05) is 37.3 Å². The van der Waals surface area contributed by atoms with Crippen LogP contribution in [0.25, 0.3) is 17.0 Å². The van der Waals surface area contributed by atoms with Gasteiger partial charge in [0.15, 0.2) is 0 Å². The van der Waals surface area contributed by atoms with Crippen LogP contribution in [-0.2, 0) is 25.7 Å². The fraction of sp³-hybridized carbons (Fsp3) is 0.286. The highest BCUT2D eigenvalue weighted by atomic mass is 35.5. The molecule has 4 rings (SSSR count). The SMILES string of the molecule is COCCN(CCOC)C(=O)c1ccc(/C=C/C(=O)NCC(=O)N(C)c2ccc(Cl)c(COc3cccc4ccc(C)nc34)c2Cl)cn1. The van der Waals surface area contributed by atoms with Crippen molar-refractivity contribution in [1.29, 1.82) is 0 Å². The molecule has 0 aliphatic heterocycles. The number of likely N-dealkylation sites (N-methyl/N-ethyl adjacent to an activating group) is 1. The first kappa shape index (κ1) is 36.3. The van der Waals surface area contributed by atoms with Gasteiger partial charge < -0.3 is 29.3 Å². The molecule has 1 N–H and O–H groups in total. The summed E-state index contributed by atoms with van der Waals surface area (Å²) >= 11 is 13.2. The third kappa shape index (κ3) is 9.51. The fourth-order valence-corrected chi connectivity index (χ4v) is 5.22. The van der Waals surface area contributed by atoms with Crippen molar-refractivity contribution in [3.05, 3.63) is 99.4 Å². The van der Waals surface area contributed by atoms with Crippen LogP contribution in [0.15, 0.2) is 66.9 Å². The van der Waals surface area contributed by atoms with E-state index in [0.717, 1.165) is 16.6 Å². The summed E-state index contributed by atoms with van der Waals surface area (Å²) in [5, 5.41) is 4.15. The number of aryl methyl sites for hydroxylation is 1. The summed E-state index contributed by atoms with van der Waals surface area (Å²) in [7, 11) is 4.69. The molecule has 0 saturated heterocycles. The summed E-state index contributed by atoms with van der Waals surface area (Å²) in [4.78, 5) is 50.1. The monoisotopic (exact) mass is 693 g/mol. The van der Waals surface area contributed by atoms with Crippen molar-refractivity contribution in [2.24, 2.45) is 0 Å². The van der Waals surface area contributed by atoms with Crippen molar-refractivity contribution in [3.8, 4) is 5.75 Å². The first-order valence-electron chi connectivity index (χ1n) is 15.0. The Balaban J connectivity index is 1.34. The molecule has 0 bridgehead atoms. The Hall–Kier alpha value is -4.55. The van der Waals surface area contributed by atoms with E-state index in [0.29, 0.717) is 53.9 Å². The minimum absolute atomic E-state index is 0.0493. The van der Waals surface area contributed by atoms with Gasteiger partial charge in [-0.3, -0.25) is 19.4 Å². The lowest BCUT2D eigenvalue weighted by Crippen LogP contribution is -2.37. The molecule has 0 spiro atoms. The average molecular weight is 695 g/mol. The molecular weight excluding hydrogens is 657 g/mol. The van der Waals surface area contributed by atoms with Crippen LogP contribution in [0, 0.1) is 6.92 Å². The Morgan fingerprint density at radius 3 is 2.40 bits per heavy atom. The van der Waals surface area contributed by atoms with Crippen molar-refractivity contribution in [2.75, 3.05) is 59.0 Å². The number of nitrogens with one attached hydrogen (secondary N) is 1. The molecule has 0 radical (unpaired) electrons. The molecule has 2 heterocycles. The number of hydrogen-bond donors (Lipinski definition) is 1. The molecule has 0 saturated carbocycles. The van der Waals surface area contributed by atoms with E-state index in [9.17, 15) is 14.4 Å². The Kier molecular flexibility index (Phi) is 13.3.